The molecule has 0 heterocycles. The minimum absolute atomic E-state index is 0.179. The molecule has 0 rings (SSSR count). The van der Waals surface area contributed by atoms with E-state index < -0.39 is 18.4 Å². The number of carboxylic acid groups (broad SMARTS) is 1. The molecule has 0 fully saturated rings. The van der Waals surface area contributed by atoms with Gasteiger partial charge in [-0.3, -0.25) is 9.59 Å². The second kappa shape index (κ2) is 83.1. The summed E-state index contributed by atoms with van der Waals surface area (Å²) in [5.74, 6) is -1.98. The molecule has 0 aromatic rings. The molecule has 0 aliphatic heterocycles. The maximum atomic E-state index is 13.0. The van der Waals surface area contributed by atoms with Gasteiger partial charge in [-0.05, 0) is 70.6 Å². The highest BCUT2D eigenvalue weighted by Crippen LogP contribution is 2.21. The first kappa shape index (κ1) is 98.5. The first-order valence-electron chi connectivity index (χ1n) is 44.3. The van der Waals surface area contributed by atoms with E-state index in [0.717, 1.165) is 83.5 Å². The van der Waals surface area contributed by atoms with Crippen LogP contribution in [0.5, 0.6) is 0 Å². The topological polar surface area (TPSA) is 108 Å². The molecule has 0 aliphatic carbocycles. The molecule has 0 radical (unpaired) electrons. The van der Waals surface area contributed by atoms with Crippen molar-refractivity contribution in [3.63, 3.8) is 0 Å². The lowest BCUT2D eigenvalue weighted by Gasteiger charge is -2.25. The van der Waals surface area contributed by atoms with Gasteiger partial charge in [-0.25, -0.2) is 4.79 Å². The molecule has 1 N–H and O–H groups in total. The lowest BCUT2D eigenvalue weighted by Crippen LogP contribution is -2.40. The van der Waals surface area contributed by atoms with Crippen LogP contribution in [0, 0.1) is 0 Å². The molecule has 0 bridgehead atoms. The van der Waals surface area contributed by atoms with Gasteiger partial charge in [0.1, 0.15) is 13.2 Å². The van der Waals surface area contributed by atoms with Crippen molar-refractivity contribution in [3.05, 3.63) is 85.1 Å². The van der Waals surface area contributed by atoms with Crippen LogP contribution in [0.3, 0.4) is 0 Å². The van der Waals surface area contributed by atoms with Gasteiger partial charge in [-0.1, -0.05) is 433 Å². The number of aliphatic carboxylic acids is 1. The van der Waals surface area contributed by atoms with Gasteiger partial charge >= 0.3 is 17.9 Å². The molecule has 594 valence electrons. The minimum Gasteiger partial charge on any atom is -0.477 e. The lowest BCUT2D eigenvalue weighted by molar-refractivity contribution is -0.870. The summed E-state index contributed by atoms with van der Waals surface area (Å²) in [6, 6.07) is 0. The molecule has 2 unspecified atom stereocenters. The molecule has 0 saturated heterocycles. The van der Waals surface area contributed by atoms with Gasteiger partial charge in [-0.2, -0.15) is 0 Å². The van der Waals surface area contributed by atoms with E-state index >= 15 is 0 Å². The van der Waals surface area contributed by atoms with Gasteiger partial charge in [0, 0.05) is 12.8 Å². The predicted molar refractivity (Wildman–Crippen MR) is 442 cm³/mol. The van der Waals surface area contributed by atoms with Crippen LogP contribution < -0.4 is 0 Å². The number of allylic oxidation sites excluding steroid dienone is 14. The van der Waals surface area contributed by atoms with Crippen molar-refractivity contribution < 1.29 is 42.9 Å². The number of carbonyl (C=O) groups is 3. The highest BCUT2D eigenvalue weighted by atomic mass is 16.7. The third-order valence-electron chi connectivity index (χ3n) is 19.9. The first-order chi connectivity index (χ1) is 50.1. The van der Waals surface area contributed by atoms with E-state index in [4.69, 9.17) is 18.9 Å². The second-order valence-corrected chi connectivity index (χ2v) is 31.2. The van der Waals surface area contributed by atoms with Crippen molar-refractivity contribution in [2.24, 2.45) is 0 Å². The number of rotatable bonds is 83. The molecule has 9 nitrogen and oxygen atoms in total. The van der Waals surface area contributed by atoms with E-state index in [1.165, 1.54) is 321 Å². The quantitative estimate of drug-likeness (QED) is 0.0211. The Kier molecular flexibility index (Phi) is 80.2. The Balaban J connectivity index is 3.94. The second-order valence-electron chi connectivity index (χ2n) is 31.2. The fourth-order valence-electron chi connectivity index (χ4n) is 13.2. The van der Waals surface area contributed by atoms with Crippen molar-refractivity contribution >= 4 is 17.9 Å². The Morgan fingerprint density at radius 2 is 0.559 bits per heavy atom. The van der Waals surface area contributed by atoms with Gasteiger partial charge in [-0.15, -0.1) is 0 Å². The summed E-state index contributed by atoms with van der Waals surface area (Å²) >= 11 is 0. The van der Waals surface area contributed by atoms with Gasteiger partial charge in [0.25, 0.3) is 6.29 Å². The van der Waals surface area contributed by atoms with Crippen molar-refractivity contribution in [3.8, 4) is 0 Å². The van der Waals surface area contributed by atoms with Crippen molar-refractivity contribution in [1.82, 2.24) is 0 Å². The molecule has 0 aromatic heterocycles. The Bertz CT molecular complexity index is 1960. The summed E-state index contributed by atoms with van der Waals surface area (Å²) in [6.45, 7) is 4.83. The number of esters is 2. The molecule has 2 atom stereocenters. The Morgan fingerprint density at radius 1 is 0.304 bits per heavy atom. The fourth-order valence-corrected chi connectivity index (χ4v) is 13.2. The normalized spacial score (nSPS) is 13.0. The largest absolute Gasteiger partial charge is 0.477 e. The Labute approximate surface area is 633 Å². The Hall–Kier alpha value is -3.53. The van der Waals surface area contributed by atoms with Gasteiger partial charge < -0.3 is 28.5 Å². The van der Waals surface area contributed by atoms with E-state index in [0.29, 0.717) is 17.4 Å². The molecule has 0 aliphatic rings. The number of hydrogen-bond donors (Lipinski definition) is 1. The monoisotopic (exact) mass is 1430 g/mol. The zero-order chi connectivity index (χ0) is 73.9. The molecule has 102 heavy (non-hydrogen) atoms. The van der Waals surface area contributed by atoms with E-state index in [1.807, 2.05) is 21.1 Å². The predicted octanol–water partition coefficient (Wildman–Crippen LogP) is 28.9. The molecule has 0 amide bonds. The van der Waals surface area contributed by atoms with Gasteiger partial charge in [0.2, 0.25) is 0 Å². The van der Waals surface area contributed by atoms with E-state index in [1.54, 1.807) is 0 Å². The van der Waals surface area contributed by atoms with E-state index in [-0.39, 0.29) is 38.2 Å². The summed E-state index contributed by atoms with van der Waals surface area (Å²) < 4.78 is 23.1. The summed E-state index contributed by atoms with van der Waals surface area (Å²) in [5.41, 5.74) is 0. The molecular formula is C93H170NO8+. The number of likely N-dealkylation sites (N-methyl/N-ethyl adjacent to an activating group) is 1. The third-order valence-corrected chi connectivity index (χ3v) is 19.9. The fraction of sp³-hybridized carbons (Fsp3) is 0.817. The van der Waals surface area contributed by atoms with Crippen LogP contribution >= 0.6 is 0 Å². The van der Waals surface area contributed by atoms with Gasteiger partial charge in [0.05, 0.1) is 34.4 Å². The van der Waals surface area contributed by atoms with Gasteiger partial charge in [0.15, 0.2) is 6.10 Å². The summed E-state index contributed by atoms with van der Waals surface area (Å²) in [6.07, 6.45) is 112. The summed E-state index contributed by atoms with van der Waals surface area (Å²) in [7, 11) is 6.00. The number of nitrogens with zero attached hydrogens (tertiary/aromatic N) is 1. The molecular weight excluding hydrogens is 1260 g/mol. The van der Waals surface area contributed by atoms with Crippen LogP contribution in [0.25, 0.3) is 0 Å². The standard InChI is InChI=1S/C93H169NO8/c1-6-8-10-12-14-16-18-20-22-24-26-28-30-32-34-36-38-40-42-44-45-46-48-49-51-53-55-57-59-61-63-65-67-69-71-73-75-77-79-81-83-90(95)100-87-89(88-101-93(92(97)98)99-86-85-94(3,4)5)102-91(96)84-82-80-78-76-74-72-70-68-66-64-62-60-58-56-54-52-50-47-43-41-39-37-35-33-31-29-27-25-23-21-19-17-15-13-11-9-7-2/h9,11,15,17,21,23,27,29,33,35,39,41,47,50,89,93H,6-8,10,12-14,16,18-20,22,24-26,28,30-32,34,36-38,40,42-46,48-49,51-88H2,1-5H3/p+1/b11-9-,17-15-,23-21-,29-27-,35-33-,41-39-,50-47-. The van der Waals surface area contributed by atoms with E-state index in [2.05, 4.69) is 98.9 Å². The zero-order valence-electron chi connectivity index (χ0n) is 68.3. The SMILES string of the molecule is CC/C=C\C/C=C\C/C=C\C/C=C\C/C=C\C/C=C\C/C=C\CCCCCCCCCCCCCCCCCC(=O)OC(COC(=O)CCCCCCCCCCCCCCCCCCCCCCCCCCCCCCCCCCCCCCCCCC)COC(OCC[N+](C)(C)C)C(=O)O. The average molecular weight is 1430 g/mol. The third kappa shape index (κ3) is 83.7. The molecule has 0 saturated carbocycles. The molecule has 9 heteroatoms. The minimum atomic E-state index is -1.51. The van der Waals surface area contributed by atoms with Crippen LogP contribution in [0.15, 0.2) is 85.1 Å². The van der Waals surface area contributed by atoms with Crippen molar-refractivity contribution in [2.45, 2.75) is 444 Å². The van der Waals surface area contributed by atoms with Crippen molar-refractivity contribution in [2.75, 3.05) is 47.5 Å². The van der Waals surface area contributed by atoms with E-state index in [9.17, 15) is 19.5 Å². The smallest absolute Gasteiger partial charge is 0.361 e. The lowest BCUT2D eigenvalue weighted by atomic mass is 10.0. The van der Waals surface area contributed by atoms with Crippen LogP contribution in [0.2, 0.25) is 0 Å². The number of ether oxygens (including phenoxy) is 4. The zero-order valence-corrected chi connectivity index (χ0v) is 68.3. The summed E-state index contributed by atoms with van der Waals surface area (Å²) in [4.78, 5) is 37.8. The van der Waals surface area contributed by atoms with Crippen LogP contribution in [-0.4, -0.2) is 87.4 Å². The summed E-state index contributed by atoms with van der Waals surface area (Å²) in [5, 5.41) is 9.79. The maximum absolute atomic E-state index is 13.0. The number of carboxylic acids is 1. The maximum Gasteiger partial charge on any atom is 0.361 e. The molecule has 0 aromatic carbocycles. The number of carbonyl (C=O) groups excluding carboxylic acids is 2. The Morgan fingerprint density at radius 3 is 0.833 bits per heavy atom. The molecule has 0 spiro atoms. The number of hydrogen-bond acceptors (Lipinski definition) is 7. The van der Waals surface area contributed by atoms with Crippen LogP contribution in [0.1, 0.15) is 431 Å². The number of quaternary nitrogens is 1. The van der Waals surface area contributed by atoms with Crippen LogP contribution in [-0.2, 0) is 33.3 Å². The first-order valence-corrected chi connectivity index (χ1v) is 44.3. The average Bonchev–Trinajstić information content (AvgIpc) is 1.02. The highest BCUT2D eigenvalue weighted by molar-refractivity contribution is 5.71. The van der Waals surface area contributed by atoms with Crippen molar-refractivity contribution in [1.29, 1.82) is 0 Å². The number of unbranched alkanes of at least 4 members (excludes halogenated alkanes) is 54. The van der Waals surface area contributed by atoms with Crippen LogP contribution in [0.4, 0.5) is 0 Å². The highest BCUT2D eigenvalue weighted by Gasteiger charge is 2.25.